The molecule has 0 spiro atoms. The number of carbonyl (C=O) groups excluding carboxylic acids is 1. The molecule has 1 aliphatic rings. The summed E-state index contributed by atoms with van der Waals surface area (Å²) in [6.45, 7) is 0.561. The minimum atomic E-state index is -0.285. The molecule has 25 heavy (non-hydrogen) atoms. The smallest absolute Gasteiger partial charge is 0.290 e. The molecule has 2 aromatic carbocycles. The molecule has 0 saturated carbocycles. The zero-order valence-electron chi connectivity index (χ0n) is 13.2. The number of fused-ring (bicyclic) bond motifs is 1. The van der Waals surface area contributed by atoms with Crippen LogP contribution in [0.15, 0.2) is 63.6 Å². The molecular formula is C19H15BrN2O3. The number of carbonyl (C=O) groups is 1. The molecule has 0 bridgehead atoms. The van der Waals surface area contributed by atoms with Gasteiger partial charge in [0.25, 0.3) is 5.91 Å². The van der Waals surface area contributed by atoms with Gasteiger partial charge in [-0.05, 0) is 18.2 Å². The molecular weight excluding hydrogens is 384 g/mol. The number of benzene rings is 2. The maximum atomic E-state index is 12.6. The van der Waals surface area contributed by atoms with Crippen molar-refractivity contribution in [2.24, 2.45) is 0 Å². The van der Waals surface area contributed by atoms with Crippen molar-refractivity contribution in [3.8, 4) is 17.0 Å². The standard InChI is InChI=1S/C19H15BrN2O3/c20-13-6-7-17-14(10-13)15(8-9-24-17)21-19(23)18-11-16(22-25-18)12-4-2-1-3-5-12/h1-7,10-11,15H,8-9H2,(H,21,23). The first-order chi connectivity index (χ1) is 12.2. The molecule has 1 aliphatic heterocycles. The monoisotopic (exact) mass is 398 g/mol. The van der Waals surface area contributed by atoms with E-state index in [1.807, 2.05) is 48.5 Å². The van der Waals surface area contributed by atoms with Gasteiger partial charge in [-0.25, -0.2) is 0 Å². The summed E-state index contributed by atoms with van der Waals surface area (Å²) in [6.07, 6.45) is 0.703. The second kappa shape index (κ2) is 6.72. The molecule has 1 unspecified atom stereocenters. The van der Waals surface area contributed by atoms with E-state index in [0.29, 0.717) is 18.7 Å². The van der Waals surface area contributed by atoms with Gasteiger partial charge < -0.3 is 14.6 Å². The molecule has 0 radical (unpaired) electrons. The number of hydrogen-bond acceptors (Lipinski definition) is 4. The summed E-state index contributed by atoms with van der Waals surface area (Å²) in [5, 5.41) is 7.00. The third kappa shape index (κ3) is 3.30. The fraction of sp³-hybridized carbons (Fsp3) is 0.158. The number of ether oxygens (including phenoxy) is 1. The van der Waals surface area contributed by atoms with Crippen LogP contribution in [0.2, 0.25) is 0 Å². The van der Waals surface area contributed by atoms with Crippen LogP contribution in [0, 0.1) is 0 Å². The molecule has 0 aliphatic carbocycles. The van der Waals surface area contributed by atoms with Crippen molar-refractivity contribution in [2.75, 3.05) is 6.61 Å². The Morgan fingerprint density at radius 2 is 2.00 bits per heavy atom. The van der Waals surface area contributed by atoms with Crippen LogP contribution < -0.4 is 10.1 Å². The molecule has 1 atom stereocenters. The van der Waals surface area contributed by atoms with Crippen LogP contribution in [0.4, 0.5) is 0 Å². The predicted octanol–water partition coefficient (Wildman–Crippen LogP) is 4.36. The van der Waals surface area contributed by atoms with Crippen LogP contribution in [-0.2, 0) is 0 Å². The normalized spacial score (nSPS) is 16.0. The van der Waals surface area contributed by atoms with Gasteiger partial charge in [-0.1, -0.05) is 51.4 Å². The van der Waals surface area contributed by atoms with Crippen LogP contribution in [0.25, 0.3) is 11.3 Å². The Kier molecular flexibility index (Phi) is 4.28. The Morgan fingerprint density at radius 1 is 1.16 bits per heavy atom. The Bertz CT molecular complexity index is 908. The van der Waals surface area contributed by atoms with E-state index in [0.717, 1.165) is 21.3 Å². The number of rotatable bonds is 3. The molecule has 4 rings (SSSR count). The molecule has 2 heterocycles. The number of amides is 1. The lowest BCUT2D eigenvalue weighted by Gasteiger charge is -2.26. The molecule has 1 aromatic heterocycles. The average Bonchev–Trinajstić information content (AvgIpc) is 3.13. The third-order valence-electron chi connectivity index (χ3n) is 4.12. The maximum Gasteiger partial charge on any atom is 0.290 e. The molecule has 5 nitrogen and oxygen atoms in total. The minimum Gasteiger partial charge on any atom is -0.493 e. The quantitative estimate of drug-likeness (QED) is 0.711. The first-order valence-corrected chi connectivity index (χ1v) is 8.75. The van der Waals surface area contributed by atoms with E-state index in [4.69, 9.17) is 9.26 Å². The van der Waals surface area contributed by atoms with Crippen LogP contribution in [0.3, 0.4) is 0 Å². The van der Waals surface area contributed by atoms with Gasteiger partial charge in [0.1, 0.15) is 11.4 Å². The lowest BCUT2D eigenvalue weighted by Crippen LogP contribution is -2.32. The highest BCUT2D eigenvalue weighted by Gasteiger charge is 2.25. The lowest BCUT2D eigenvalue weighted by molar-refractivity contribution is 0.0887. The van der Waals surface area contributed by atoms with Crippen molar-refractivity contribution in [3.63, 3.8) is 0 Å². The van der Waals surface area contributed by atoms with Crippen molar-refractivity contribution >= 4 is 21.8 Å². The highest BCUT2D eigenvalue weighted by Crippen LogP contribution is 2.34. The average molecular weight is 399 g/mol. The van der Waals surface area contributed by atoms with E-state index in [1.165, 1.54) is 0 Å². The Balaban J connectivity index is 1.54. The second-order valence-corrected chi connectivity index (χ2v) is 6.70. The summed E-state index contributed by atoms with van der Waals surface area (Å²) >= 11 is 3.46. The molecule has 3 aromatic rings. The number of halogens is 1. The zero-order valence-corrected chi connectivity index (χ0v) is 14.8. The van der Waals surface area contributed by atoms with E-state index < -0.39 is 0 Å². The Morgan fingerprint density at radius 3 is 2.84 bits per heavy atom. The van der Waals surface area contributed by atoms with Crippen LogP contribution in [0.1, 0.15) is 28.6 Å². The number of nitrogens with one attached hydrogen (secondary N) is 1. The van der Waals surface area contributed by atoms with Crippen molar-refractivity contribution < 1.29 is 14.1 Å². The van der Waals surface area contributed by atoms with Gasteiger partial charge in [-0.2, -0.15) is 0 Å². The zero-order chi connectivity index (χ0) is 17.2. The predicted molar refractivity (Wildman–Crippen MR) is 96.4 cm³/mol. The highest BCUT2D eigenvalue weighted by molar-refractivity contribution is 9.10. The maximum absolute atomic E-state index is 12.6. The summed E-state index contributed by atoms with van der Waals surface area (Å²) < 4.78 is 11.8. The highest BCUT2D eigenvalue weighted by atomic mass is 79.9. The van der Waals surface area contributed by atoms with Gasteiger partial charge in [0.2, 0.25) is 5.76 Å². The van der Waals surface area contributed by atoms with Gasteiger partial charge in [0.15, 0.2) is 0 Å². The van der Waals surface area contributed by atoms with Crippen LogP contribution in [-0.4, -0.2) is 17.7 Å². The fourth-order valence-corrected chi connectivity index (χ4v) is 3.25. The number of aromatic nitrogens is 1. The number of hydrogen-bond donors (Lipinski definition) is 1. The molecule has 126 valence electrons. The molecule has 6 heteroatoms. The topological polar surface area (TPSA) is 64.4 Å². The summed E-state index contributed by atoms with van der Waals surface area (Å²) in [6, 6.07) is 16.9. The Labute approximate surface area is 153 Å². The largest absolute Gasteiger partial charge is 0.493 e. The summed E-state index contributed by atoms with van der Waals surface area (Å²) in [4.78, 5) is 12.6. The van der Waals surface area contributed by atoms with Crippen molar-refractivity contribution in [1.82, 2.24) is 10.5 Å². The fourth-order valence-electron chi connectivity index (χ4n) is 2.87. The van der Waals surface area contributed by atoms with Gasteiger partial charge in [-0.15, -0.1) is 0 Å². The Hall–Kier alpha value is -2.60. The van der Waals surface area contributed by atoms with E-state index in [1.54, 1.807) is 6.07 Å². The second-order valence-electron chi connectivity index (χ2n) is 5.79. The molecule has 1 amide bonds. The van der Waals surface area contributed by atoms with E-state index >= 15 is 0 Å². The lowest BCUT2D eigenvalue weighted by atomic mass is 10.0. The first kappa shape index (κ1) is 15.9. The van der Waals surface area contributed by atoms with Gasteiger partial charge in [0.05, 0.1) is 12.6 Å². The van der Waals surface area contributed by atoms with Crippen molar-refractivity contribution in [3.05, 3.63) is 70.4 Å². The summed E-state index contributed by atoms with van der Waals surface area (Å²) in [5.41, 5.74) is 2.50. The summed E-state index contributed by atoms with van der Waals surface area (Å²) in [7, 11) is 0. The van der Waals surface area contributed by atoms with Gasteiger partial charge >= 0.3 is 0 Å². The molecule has 1 N–H and O–H groups in total. The van der Waals surface area contributed by atoms with Gasteiger partial charge in [-0.3, -0.25) is 4.79 Å². The molecule has 0 saturated heterocycles. The van der Waals surface area contributed by atoms with Gasteiger partial charge in [0, 0.05) is 28.1 Å². The summed E-state index contributed by atoms with van der Waals surface area (Å²) in [5.74, 6) is 0.705. The van der Waals surface area contributed by atoms with Crippen LogP contribution in [0.5, 0.6) is 5.75 Å². The molecule has 0 fully saturated rings. The third-order valence-corrected chi connectivity index (χ3v) is 4.61. The van der Waals surface area contributed by atoms with E-state index in [2.05, 4.69) is 26.4 Å². The number of nitrogens with zero attached hydrogens (tertiary/aromatic N) is 1. The first-order valence-electron chi connectivity index (χ1n) is 7.96. The minimum absolute atomic E-state index is 0.126. The van der Waals surface area contributed by atoms with E-state index in [9.17, 15) is 4.79 Å². The van der Waals surface area contributed by atoms with Crippen molar-refractivity contribution in [1.29, 1.82) is 0 Å². The SMILES string of the molecule is O=C(NC1CCOc2ccc(Br)cc21)c1cc(-c2ccccc2)no1. The van der Waals surface area contributed by atoms with E-state index in [-0.39, 0.29) is 17.7 Å². The van der Waals surface area contributed by atoms with Crippen LogP contribution >= 0.6 is 15.9 Å². The van der Waals surface area contributed by atoms with Crippen molar-refractivity contribution in [2.45, 2.75) is 12.5 Å².